The molecule has 0 aliphatic heterocycles. The number of nitrogens with zero attached hydrogens (tertiary/aromatic N) is 1. The summed E-state index contributed by atoms with van der Waals surface area (Å²) in [5.74, 6) is -0.447. The average Bonchev–Trinajstić information content (AvgIpc) is 2.71. The van der Waals surface area contributed by atoms with Crippen LogP contribution in [0.2, 0.25) is 0 Å². The van der Waals surface area contributed by atoms with Crippen LogP contribution in [0, 0.1) is 10.1 Å². The summed E-state index contributed by atoms with van der Waals surface area (Å²) < 4.78 is 0. The summed E-state index contributed by atoms with van der Waals surface area (Å²) in [6, 6.07) is 12.9. The first-order chi connectivity index (χ1) is 13.5. The maximum Gasteiger partial charge on any atom is 0.269 e. The average molecular weight is 382 g/mol. The molecule has 4 N–H and O–H groups in total. The number of carbonyl (C=O) groups excluding carboxylic acids is 2. The van der Waals surface area contributed by atoms with Gasteiger partial charge in [0.2, 0.25) is 5.91 Å². The molecule has 2 aromatic carbocycles. The molecule has 0 saturated heterocycles. The first kappa shape index (κ1) is 20.8. The van der Waals surface area contributed by atoms with Crippen molar-refractivity contribution in [2.24, 2.45) is 5.73 Å². The fraction of sp³-hybridized carbons (Fsp3) is 0.200. The quantitative estimate of drug-likeness (QED) is 0.265. The van der Waals surface area contributed by atoms with Crippen LogP contribution in [0.3, 0.4) is 0 Å². The number of nitro groups is 1. The van der Waals surface area contributed by atoms with Crippen molar-refractivity contribution in [3.8, 4) is 0 Å². The van der Waals surface area contributed by atoms with E-state index in [1.807, 2.05) is 0 Å². The second-order valence-corrected chi connectivity index (χ2v) is 5.99. The van der Waals surface area contributed by atoms with Crippen LogP contribution in [-0.4, -0.2) is 29.8 Å². The zero-order chi connectivity index (χ0) is 20.4. The molecule has 0 aliphatic rings. The predicted molar refractivity (Wildman–Crippen MR) is 106 cm³/mol. The van der Waals surface area contributed by atoms with Gasteiger partial charge >= 0.3 is 0 Å². The Morgan fingerprint density at radius 3 is 2.32 bits per heavy atom. The largest absolute Gasteiger partial charge is 0.352 e. The highest BCUT2D eigenvalue weighted by Gasteiger charge is 2.05. The summed E-state index contributed by atoms with van der Waals surface area (Å²) in [6.07, 6.45) is 3.66. The molecule has 28 heavy (non-hydrogen) atoms. The van der Waals surface area contributed by atoms with Crippen molar-refractivity contribution >= 4 is 23.6 Å². The van der Waals surface area contributed by atoms with Crippen molar-refractivity contribution in [2.45, 2.75) is 13.0 Å². The molecule has 0 bridgehead atoms. The van der Waals surface area contributed by atoms with Gasteiger partial charge in [-0.2, -0.15) is 0 Å². The Kier molecular flexibility index (Phi) is 7.86. The zero-order valence-corrected chi connectivity index (χ0v) is 15.3. The number of nitro benzene ring substituents is 1. The number of nitrogens with two attached hydrogens (primary N) is 1. The van der Waals surface area contributed by atoms with Gasteiger partial charge in [0.05, 0.1) is 4.92 Å². The molecule has 0 aromatic heterocycles. The number of benzene rings is 2. The van der Waals surface area contributed by atoms with Gasteiger partial charge in [-0.3, -0.25) is 19.7 Å². The normalized spacial score (nSPS) is 10.6. The fourth-order valence-electron chi connectivity index (χ4n) is 2.31. The minimum atomic E-state index is -0.477. The van der Waals surface area contributed by atoms with Gasteiger partial charge in [-0.1, -0.05) is 12.1 Å². The van der Waals surface area contributed by atoms with Crippen molar-refractivity contribution in [2.75, 3.05) is 13.1 Å². The summed E-state index contributed by atoms with van der Waals surface area (Å²) in [5.41, 5.74) is 7.47. The molecule has 0 atom stereocenters. The van der Waals surface area contributed by atoms with E-state index in [9.17, 15) is 19.7 Å². The predicted octanol–water partition coefficient (Wildman–Crippen LogP) is 2.00. The molecule has 146 valence electrons. The highest BCUT2D eigenvalue weighted by molar-refractivity contribution is 5.94. The van der Waals surface area contributed by atoms with Crippen molar-refractivity contribution in [3.05, 3.63) is 81.4 Å². The van der Waals surface area contributed by atoms with E-state index in [4.69, 9.17) is 5.73 Å². The van der Waals surface area contributed by atoms with E-state index in [1.165, 1.54) is 18.2 Å². The third kappa shape index (κ3) is 6.65. The Bertz CT molecular complexity index is 846. The van der Waals surface area contributed by atoms with Crippen molar-refractivity contribution in [1.82, 2.24) is 10.6 Å². The summed E-state index contributed by atoms with van der Waals surface area (Å²) in [7, 11) is 0. The van der Waals surface area contributed by atoms with E-state index < -0.39 is 4.92 Å². The summed E-state index contributed by atoms with van der Waals surface area (Å²) in [4.78, 5) is 33.9. The number of nitrogens with one attached hydrogen (secondary N) is 2. The Morgan fingerprint density at radius 2 is 1.71 bits per heavy atom. The van der Waals surface area contributed by atoms with Crippen LogP contribution in [-0.2, 0) is 11.3 Å². The smallest absolute Gasteiger partial charge is 0.269 e. The number of rotatable bonds is 9. The molecule has 8 heteroatoms. The van der Waals surface area contributed by atoms with Crippen LogP contribution < -0.4 is 16.4 Å². The van der Waals surface area contributed by atoms with Gasteiger partial charge in [-0.05, 0) is 54.4 Å². The van der Waals surface area contributed by atoms with Crippen LogP contribution in [0.25, 0.3) is 6.08 Å². The highest BCUT2D eigenvalue weighted by atomic mass is 16.6. The molecule has 8 nitrogen and oxygen atoms in total. The molecule has 0 saturated carbocycles. The van der Waals surface area contributed by atoms with Gasteiger partial charge in [0.1, 0.15) is 0 Å². The van der Waals surface area contributed by atoms with Gasteiger partial charge in [0.15, 0.2) is 0 Å². The number of amides is 2. The maximum absolute atomic E-state index is 11.9. The number of carbonyl (C=O) groups is 2. The standard InChI is InChI=1S/C20H22N4O4/c21-12-1-13-22-20(26)17-7-2-16(3-8-17)14-23-19(25)11-6-15-4-9-18(10-5-15)24(27)28/h2-11H,1,12-14,21H2,(H,22,26)(H,23,25)/b11-6+. The molecule has 0 aliphatic carbocycles. The first-order valence-corrected chi connectivity index (χ1v) is 8.77. The third-order valence-corrected chi connectivity index (χ3v) is 3.88. The number of hydrogen-bond acceptors (Lipinski definition) is 5. The second-order valence-electron chi connectivity index (χ2n) is 5.99. The molecule has 2 aromatic rings. The summed E-state index contributed by atoms with van der Waals surface area (Å²) in [5, 5.41) is 16.1. The summed E-state index contributed by atoms with van der Waals surface area (Å²) in [6.45, 7) is 1.38. The van der Waals surface area contributed by atoms with Crippen molar-refractivity contribution in [1.29, 1.82) is 0 Å². The van der Waals surface area contributed by atoms with E-state index in [2.05, 4.69) is 10.6 Å². The molecular formula is C20H22N4O4. The highest BCUT2D eigenvalue weighted by Crippen LogP contribution is 2.12. The molecule has 0 fully saturated rings. The summed E-state index contributed by atoms with van der Waals surface area (Å²) >= 11 is 0. The molecular weight excluding hydrogens is 360 g/mol. The van der Waals surface area contributed by atoms with Crippen molar-refractivity contribution < 1.29 is 14.5 Å². The third-order valence-electron chi connectivity index (χ3n) is 3.88. The van der Waals surface area contributed by atoms with Crippen LogP contribution in [0.5, 0.6) is 0 Å². The lowest BCUT2D eigenvalue weighted by Gasteiger charge is -2.06. The van der Waals surface area contributed by atoms with Gasteiger partial charge in [-0.25, -0.2) is 0 Å². The Balaban J connectivity index is 1.82. The fourth-order valence-corrected chi connectivity index (χ4v) is 2.31. The van der Waals surface area contributed by atoms with E-state index in [0.717, 1.165) is 12.0 Å². The van der Waals surface area contributed by atoms with E-state index in [1.54, 1.807) is 42.5 Å². The van der Waals surface area contributed by atoms with Crippen LogP contribution in [0.15, 0.2) is 54.6 Å². The second kappa shape index (κ2) is 10.6. The Labute approximate surface area is 162 Å². The van der Waals surface area contributed by atoms with Gasteiger partial charge in [0.25, 0.3) is 11.6 Å². The van der Waals surface area contributed by atoms with Crippen LogP contribution >= 0.6 is 0 Å². The minimum absolute atomic E-state index is 0.00175. The minimum Gasteiger partial charge on any atom is -0.352 e. The van der Waals surface area contributed by atoms with E-state index >= 15 is 0 Å². The van der Waals surface area contributed by atoms with Crippen LogP contribution in [0.1, 0.15) is 27.9 Å². The van der Waals surface area contributed by atoms with Gasteiger partial charge in [0, 0.05) is 36.9 Å². The Morgan fingerprint density at radius 1 is 1.04 bits per heavy atom. The van der Waals surface area contributed by atoms with Crippen LogP contribution in [0.4, 0.5) is 5.69 Å². The number of hydrogen-bond donors (Lipinski definition) is 3. The zero-order valence-electron chi connectivity index (χ0n) is 15.3. The van der Waals surface area contributed by atoms with Gasteiger partial charge in [-0.15, -0.1) is 0 Å². The SMILES string of the molecule is NCCCNC(=O)c1ccc(CNC(=O)/C=C/c2ccc([N+](=O)[O-])cc2)cc1. The molecule has 2 amide bonds. The molecule has 0 radical (unpaired) electrons. The Hall–Kier alpha value is -3.52. The van der Waals surface area contributed by atoms with Gasteiger partial charge < -0.3 is 16.4 Å². The maximum atomic E-state index is 11.9. The monoisotopic (exact) mass is 382 g/mol. The van der Waals surface area contributed by atoms with E-state index in [0.29, 0.717) is 30.8 Å². The number of non-ortho nitro benzene ring substituents is 1. The molecule has 2 rings (SSSR count). The lowest BCUT2D eigenvalue weighted by Crippen LogP contribution is -2.26. The molecule has 0 unspecified atom stereocenters. The molecule has 0 spiro atoms. The lowest BCUT2D eigenvalue weighted by molar-refractivity contribution is -0.384. The van der Waals surface area contributed by atoms with Crippen molar-refractivity contribution in [3.63, 3.8) is 0 Å². The lowest BCUT2D eigenvalue weighted by atomic mass is 10.1. The first-order valence-electron chi connectivity index (χ1n) is 8.77. The molecule has 0 heterocycles. The van der Waals surface area contributed by atoms with E-state index in [-0.39, 0.29) is 17.5 Å². The topological polar surface area (TPSA) is 127 Å².